The smallest absolute Gasteiger partial charge is 0.170 e. The van der Waals surface area contributed by atoms with Gasteiger partial charge in [-0.3, -0.25) is 0 Å². The van der Waals surface area contributed by atoms with Crippen LogP contribution in [0.5, 0.6) is 0 Å². The highest BCUT2D eigenvalue weighted by Gasteiger charge is 2.13. The van der Waals surface area contributed by atoms with E-state index in [9.17, 15) is 8.78 Å². The van der Waals surface area contributed by atoms with Crippen LogP contribution in [0.2, 0.25) is 0 Å². The molecule has 0 aliphatic heterocycles. The third kappa shape index (κ3) is 2.10. The minimum Gasteiger partial charge on any atom is -0.453 e. The zero-order valence-corrected chi connectivity index (χ0v) is 10.5. The molecule has 0 fully saturated rings. The SMILES string of the molecule is Fc1ccccc1-c1cc2cc(CCl)cc(F)c2o1. The zero-order chi connectivity index (χ0) is 13.4. The fraction of sp³-hybridized carbons (Fsp3) is 0.0667. The maximum absolute atomic E-state index is 13.8. The number of hydrogen-bond donors (Lipinski definition) is 0. The number of alkyl halides is 1. The summed E-state index contributed by atoms with van der Waals surface area (Å²) in [6.07, 6.45) is 0. The Morgan fingerprint density at radius 3 is 2.53 bits per heavy atom. The van der Waals surface area contributed by atoms with Crippen molar-refractivity contribution in [3.63, 3.8) is 0 Å². The summed E-state index contributed by atoms with van der Waals surface area (Å²) in [5.41, 5.74) is 1.09. The van der Waals surface area contributed by atoms with Gasteiger partial charge < -0.3 is 4.42 Å². The number of fused-ring (bicyclic) bond motifs is 1. The van der Waals surface area contributed by atoms with E-state index in [2.05, 4.69) is 0 Å². The van der Waals surface area contributed by atoms with Crippen molar-refractivity contribution in [1.29, 1.82) is 0 Å². The first kappa shape index (κ1) is 12.2. The largest absolute Gasteiger partial charge is 0.453 e. The number of hydrogen-bond acceptors (Lipinski definition) is 1. The predicted octanol–water partition coefficient (Wildman–Crippen LogP) is 5.12. The van der Waals surface area contributed by atoms with E-state index in [1.807, 2.05) is 0 Å². The van der Waals surface area contributed by atoms with Crippen LogP contribution in [-0.4, -0.2) is 0 Å². The highest BCUT2D eigenvalue weighted by molar-refractivity contribution is 6.17. The molecule has 0 radical (unpaired) electrons. The van der Waals surface area contributed by atoms with Crippen LogP contribution in [0.15, 0.2) is 46.9 Å². The summed E-state index contributed by atoms with van der Waals surface area (Å²) in [6.45, 7) is 0. The molecule has 0 saturated carbocycles. The molecule has 0 aliphatic rings. The van der Waals surface area contributed by atoms with E-state index < -0.39 is 11.6 Å². The van der Waals surface area contributed by atoms with Gasteiger partial charge in [-0.1, -0.05) is 12.1 Å². The molecule has 0 amide bonds. The highest BCUT2D eigenvalue weighted by atomic mass is 35.5. The van der Waals surface area contributed by atoms with Gasteiger partial charge in [0, 0.05) is 11.3 Å². The predicted molar refractivity (Wildman–Crippen MR) is 71.1 cm³/mol. The van der Waals surface area contributed by atoms with Crippen molar-refractivity contribution < 1.29 is 13.2 Å². The summed E-state index contributed by atoms with van der Waals surface area (Å²) in [5.74, 6) is -0.374. The van der Waals surface area contributed by atoms with Crippen LogP contribution in [0, 0.1) is 11.6 Å². The lowest BCUT2D eigenvalue weighted by molar-refractivity contribution is 0.562. The minimum absolute atomic E-state index is 0.118. The maximum atomic E-state index is 13.8. The van der Waals surface area contributed by atoms with Crippen LogP contribution in [0.1, 0.15) is 5.56 Å². The van der Waals surface area contributed by atoms with Gasteiger partial charge in [-0.15, -0.1) is 11.6 Å². The summed E-state index contributed by atoms with van der Waals surface area (Å²) in [7, 11) is 0. The van der Waals surface area contributed by atoms with Crippen LogP contribution >= 0.6 is 11.6 Å². The second-order valence-electron chi connectivity index (χ2n) is 4.22. The van der Waals surface area contributed by atoms with Crippen molar-refractivity contribution in [2.24, 2.45) is 0 Å². The molecular weight excluding hydrogens is 270 g/mol. The summed E-state index contributed by atoms with van der Waals surface area (Å²) >= 11 is 5.69. The summed E-state index contributed by atoms with van der Waals surface area (Å²) in [5, 5.41) is 0.578. The van der Waals surface area contributed by atoms with E-state index in [0.29, 0.717) is 22.3 Å². The number of halogens is 3. The fourth-order valence-corrected chi connectivity index (χ4v) is 2.19. The molecule has 0 unspecified atom stereocenters. The van der Waals surface area contributed by atoms with Gasteiger partial charge in [0.2, 0.25) is 0 Å². The molecule has 1 nitrogen and oxygen atoms in total. The van der Waals surface area contributed by atoms with Crippen LogP contribution < -0.4 is 0 Å². The number of rotatable bonds is 2. The van der Waals surface area contributed by atoms with E-state index >= 15 is 0 Å². The normalized spacial score (nSPS) is 11.1. The van der Waals surface area contributed by atoms with E-state index in [1.54, 1.807) is 30.3 Å². The van der Waals surface area contributed by atoms with Gasteiger partial charge in [-0.05, 0) is 35.9 Å². The Morgan fingerprint density at radius 1 is 1.00 bits per heavy atom. The Labute approximate surface area is 113 Å². The molecule has 3 rings (SSSR count). The van der Waals surface area contributed by atoms with Crippen LogP contribution in [0.3, 0.4) is 0 Å². The van der Waals surface area contributed by atoms with E-state index in [4.69, 9.17) is 16.0 Å². The third-order valence-corrected chi connectivity index (χ3v) is 3.23. The number of benzene rings is 2. The van der Waals surface area contributed by atoms with Gasteiger partial charge in [0.1, 0.15) is 11.6 Å². The van der Waals surface area contributed by atoms with Gasteiger partial charge in [-0.2, -0.15) is 0 Å². The molecule has 2 aromatic carbocycles. The summed E-state index contributed by atoms with van der Waals surface area (Å²) < 4.78 is 32.9. The minimum atomic E-state index is -0.490. The van der Waals surface area contributed by atoms with Crippen molar-refractivity contribution >= 4 is 22.6 Å². The second-order valence-corrected chi connectivity index (χ2v) is 4.49. The molecule has 1 aromatic heterocycles. The van der Waals surface area contributed by atoms with Crippen molar-refractivity contribution in [3.8, 4) is 11.3 Å². The van der Waals surface area contributed by atoms with Crippen molar-refractivity contribution in [2.45, 2.75) is 5.88 Å². The Morgan fingerprint density at radius 2 is 1.79 bits per heavy atom. The van der Waals surface area contributed by atoms with Crippen molar-refractivity contribution in [2.75, 3.05) is 0 Å². The molecule has 0 bridgehead atoms. The third-order valence-electron chi connectivity index (χ3n) is 2.92. The maximum Gasteiger partial charge on any atom is 0.170 e. The average Bonchev–Trinajstić information content (AvgIpc) is 2.83. The second kappa shape index (κ2) is 4.67. The molecule has 0 saturated heterocycles. The van der Waals surface area contributed by atoms with E-state index in [0.717, 1.165) is 0 Å². The van der Waals surface area contributed by atoms with Gasteiger partial charge in [0.15, 0.2) is 11.4 Å². The Kier molecular flexibility index (Phi) is 2.99. The first-order chi connectivity index (χ1) is 9.19. The monoisotopic (exact) mass is 278 g/mol. The lowest BCUT2D eigenvalue weighted by atomic mass is 10.1. The lowest BCUT2D eigenvalue weighted by Gasteiger charge is -1.97. The summed E-state index contributed by atoms with van der Waals surface area (Å²) in [4.78, 5) is 0. The van der Waals surface area contributed by atoms with Crippen molar-refractivity contribution in [3.05, 3.63) is 59.7 Å². The number of furan rings is 1. The molecule has 0 aliphatic carbocycles. The Bertz CT molecular complexity index is 749. The Hall–Kier alpha value is -1.87. The zero-order valence-electron chi connectivity index (χ0n) is 9.79. The quantitative estimate of drug-likeness (QED) is 0.593. The first-order valence-electron chi connectivity index (χ1n) is 5.72. The van der Waals surface area contributed by atoms with E-state index in [-0.39, 0.29) is 11.5 Å². The molecule has 0 atom stereocenters. The Balaban J connectivity index is 2.22. The van der Waals surface area contributed by atoms with Gasteiger partial charge in [0.25, 0.3) is 0 Å². The van der Waals surface area contributed by atoms with Gasteiger partial charge in [-0.25, -0.2) is 8.78 Å². The molecule has 3 aromatic rings. The van der Waals surface area contributed by atoms with Gasteiger partial charge in [0.05, 0.1) is 5.56 Å². The summed E-state index contributed by atoms with van der Waals surface area (Å²) in [6, 6.07) is 10.9. The van der Waals surface area contributed by atoms with E-state index in [1.165, 1.54) is 12.1 Å². The molecule has 0 spiro atoms. The molecule has 96 valence electrons. The topological polar surface area (TPSA) is 13.1 Å². The molecular formula is C15H9ClF2O. The molecule has 19 heavy (non-hydrogen) atoms. The average molecular weight is 279 g/mol. The standard InChI is InChI=1S/C15H9ClF2O/c16-8-9-5-10-7-14(19-15(10)13(18)6-9)11-3-1-2-4-12(11)17/h1-7H,8H2. The van der Waals surface area contributed by atoms with Crippen LogP contribution in [-0.2, 0) is 5.88 Å². The molecule has 1 heterocycles. The van der Waals surface area contributed by atoms with Crippen molar-refractivity contribution in [1.82, 2.24) is 0 Å². The van der Waals surface area contributed by atoms with Gasteiger partial charge >= 0.3 is 0 Å². The molecule has 0 N–H and O–H groups in total. The molecule has 4 heteroatoms. The first-order valence-corrected chi connectivity index (χ1v) is 6.25. The fourth-order valence-electron chi connectivity index (χ4n) is 2.04. The van der Waals surface area contributed by atoms with Crippen LogP contribution in [0.25, 0.3) is 22.3 Å². The lowest BCUT2D eigenvalue weighted by Crippen LogP contribution is -1.81. The van der Waals surface area contributed by atoms with Crippen LogP contribution in [0.4, 0.5) is 8.78 Å². The highest BCUT2D eigenvalue weighted by Crippen LogP contribution is 2.31.